The van der Waals surface area contributed by atoms with Crippen molar-refractivity contribution < 1.29 is 13.9 Å². The van der Waals surface area contributed by atoms with E-state index in [1.807, 2.05) is 12.1 Å². The van der Waals surface area contributed by atoms with E-state index in [2.05, 4.69) is 17.1 Å². The zero-order valence-corrected chi connectivity index (χ0v) is 10.4. The van der Waals surface area contributed by atoms with E-state index < -0.39 is 5.95 Å². The molecular formula is C15H14FNO2. The molecule has 0 amide bonds. The van der Waals surface area contributed by atoms with Crippen LogP contribution in [-0.4, -0.2) is 18.2 Å². The van der Waals surface area contributed by atoms with Gasteiger partial charge in [0.1, 0.15) is 18.5 Å². The summed E-state index contributed by atoms with van der Waals surface area (Å²) in [5.74, 6) is 0.0414. The molecule has 0 saturated carbocycles. The summed E-state index contributed by atoms with van der Waals surface area (Å²) in [6.45, 7) is 1.11. The first-order valence-corrected chi connectivity index (χ1v) is 6.27. The number of hydrogen-bond donors (Lipinski definition) is 0. The highest BCUT2D eigenvalue weighted by Gasteiger charge is 2.20. The Bertz CT molecular complexity index is 556. The minimum Gasteiger partial charge on any atom is -0.489 e. The first-order chi connectivity index (χ1) is 9.33. The van der Waals surface area contributed by atoms with Crippen LogP contribution in [0.5, 0.6) is 5.75 Å². The van der Waals surface area contributed by atoms with Crippen LogP contribution in [0.15, 0.2) is 42.6 Å². The number of aromatic nitrogens is 1. The Kier molecular flexibility index (Phi) is 3.42. The summed E-state index contributed by atoms with van der Waals surface area (Å²) in [6, 6.07) is 11.1. The van der Waals surface area contributed by atoms with Crippen LogP contribution in [0.4, 0.5) is 4.39 Å². The third-order valence-electron chi connectivity index (χ3n) is 3.19. The van der Waals surface area contributed by atoms with Crippen LogP contribution in [0.1, 0.15) is 17.2 Å². The molecule has 98 valence electrons. The van der Waals surface area contributed by atoms with E-state index in [1.54, 1.807) is 6.07 Å². The van der Waals surface area contributed by atoms with Crippen molar-refractivity contribution in [3.63, 3.8) is 0 Å². The normalized spacial score (nSPS) is 17.8. The molecular weight excluding hydrogens is 245 g/mol. The molecule has 2 heterocycles. The van der Waals surface area contributed by atoms with E-state index in [1.165, 1.54) is 23.4 Å². The van der Waals surface area contributed by atoms with Crippen molar-refractivity contribution in [3.05, 3.63) is 59.7 Å². The Hall–Kier alpha value is -1.94. The van der Waals surface area contributed by atoms with Gasteiger partial charge < -0.3 is 9.47 Å². The number of halogens is 1. The molecule has 3 rings (SSSR count). The molecule has 0 bridgehead atoms. The fourth-order valence-electron chi connectivity index (χ4n) is 2.23. The van der Waals surface area contributed by atoms with Gasteiger partial charge in [-0.05, 0) is 29.7 Å². The summed E-state index contributed by atoms with van der Waals surface area (Å²) in [7, 11) is 0. The second-order valence-corrected chi connectivity index (χ2v) is 4.44. The number of ether oxygens (including phenoxy) is 2. The van der Waals surface area contributed by atoms with E-state index in [0.717, 1.165) is 6.42 Å². The molecule has 3 nitrogen and oxygen atoms in total. The molecule has 0 fully saturated rings. The summed E-state index contributed by atoms with van der Waals surface area (Å²) in [6.07, 6.45) is 2.24. The van der Waals surface area contributed by atoms with Crippen molar-refractivity contribution in [2.75, 3.05) is 13.2 Å². The maximum atomic E-state index is 12.7. The van der Waals surface area contributed by atoms with Gasteiger partial charge >= 0.3 is 0 Å². The lowest BCUT2D eigenvalue weighted by Crippen LogP contribution is -2.21. The molecule has 4 heteroatoms. The van der Waals surface area contributed by atoms with E-state index in [0.29, 0.717) is 19.0 Å². The van der Waals surface area contributed by atoms with Gasteiger partial charge in [0.15, 0.2) is 0 Å². The number of hydrogen-bond acceptors (Lipinski definition) is 3. The Morgan fingerprint density at radius 3 is 3.00 bits per heavy atom. The predicted octanol–water partition coefficient (Wildman–Crippen LogP) is 2.91. The monoisotopic (exact) mass is 259 g/mol. The third kappa shape index (κ3) is 2.74. The van der Waals surface area contributed by atoms with E-state index in [-0.39, 0.29) is 6.10 Å². The lowest BCUT2D eigenvalue weighted by atomic mass is 9.98. The third-order valence-corrected chi connectivity index (χ3v) is 3.19. The van der Waals surface area contributed by atoms with Gasteiger partial charge in [-0.1, -0.05) is 24.3 Å². The standard InChI is InChI=1S/C15H14FNO2/c16-15-6-5-12(9-17-15)19-10-14-13-4-2-1-3-11(13)7-8-18-14/h1-6,9,14H,7-8,10H2. The largest absolute Gasteiger partial charge is 0.489 e. The topological polar surface area (TPSA) is 31.4 Å². The minimum atomic E-state index is -0.508. The van der Waals surface area contributed by atoms with Crippen LogP contribution in [0.2, 0.25) is 0 Å². The number of pyridine rings is 1. The highest BCUT2D eigenvalue weighted by molar-refractivity contribution is 5.31. The van der Waals surface area contributed by atoms with Crippen LogP contribution < -0.4 is 4.74 Å². The zero-order chi connectivity index (χ0) is 13.1. The van der Waals surface area contributed by atoms with Crippen LogP contribution in [0.25, 0.3) is 0 Å². The van der Waals surface area contributed by atoms with E-state index >= 15 is 0 Å². The van der Waals surface area contributed by atoms with Crippen molar-refractivity contribution in [1.29, 1.82) is 0 Å². The van der Waals surface area contributed by atoms with E-state index in [9.17, 15) is 4.39 Å². The fourth-order valence-corrected chi connectivity index (χ4v) is 2.23. The molecule has 2 aromatic rings. The summed E-state index contributed by atoms with van der Waals surface area (Å²) >= 11 is 0. The number of rotatable bonds is 3. The maximum Gasteiger partial charge on any atom is 0.213 e. The number of fused-ring (bicyclic) bond motifs is 1. The molecule has 0 aliphatic carbocycles. The van der Waals surface area contributed by atoms with Gasteiger partial charge in [-0.3, -0.25) is 0 Å². The van der Waals surface area contributed by atoms with Gasteiger partial charge in [-0.15, -0.1) is 0 Å². The smallest absolute Gasteiger partial charge is 0.213 e. The van der Waals surface area contributed by atoms with Crippen molar-refractivity contribution in [1.82, 2.24) is 4.98 Å². The lowest BCUT2D eigenvalue weighted by molar-refractivity contribution is 0.0101. The highest BCUT2D eigenvalue weighted by Crippen LogP contribution is 2.27. The van der Waals surface area contributed by atoms with Gasteiger partial charge in [0.05, 0.1) is 12.8 Å². The number of nitrogens with zero attached hydrogens (tertiary/aromatic N) is 1. The molecule has 1 atom stereocenters. The average Bonchev–Trinajstić information content (AvgIpc) is 2.47. The van der Waals surface area contributed by atoms with Crippen LogP contribution >= 0.6 is 0 Å². The van der Waals surface area contributed by atoms with Gasteiger partial charge in [-0.25, -0.2) is 4.98 Å². The Labute approximate surface area is 111 Å². The van der Waals surface area contributed by atoms with Crippen molar-refractivity contribution in [2.24, 2.45) is 0 Å². The van der Waals surface area contributed by atoms with Crippen molar-refractivity contribution in [2.45, 2.75) is 12.5 Å². The molecule has 0 N–H and O–H groups in total. The number of benzene rings is 1. The molecule has 0 spiro atoms. The molecule has 1 unspecified atom stereocenters. The van der Waals surface area contributed by atoms with Crippen LogP contribution in [0.3, 0.4) is 0 Å². The summed E-state index contributed by atoms with van der Waals surface area (Å²) in [4.78, 5) is 3.55. The van der Waals surface area contributed by atoms with Gasteiger partial charge in [0.2, 0.25) is 5.95 Å². The highest BCUT2D eigenvalue weighted by atomic mass is 19.1. The molecule has 1 aliphatic heterocycles. The van der Waals surface area contributed by atoms with Gasteiger partial charge in [-0.2, -0.15) is 4.39 Å². The van der Waals surface area contributed by atoms with Crippen LogP contribution in [0, 0.1) is 5.95 Å². The molecule has 0 saturated heterocycles. The first kappa shape index (κ1) is 12.1. The first-order valence-electron chi connectivity index (χ1n) is 6.27. The zero-order valence-electron chi connectivity index (χ0n) is 10.4. The van der Waals surface area contributed by atoms with E-state index in [4.69, 9.17) is 9.47 Å². The molecule has 0 radical (unpaired) electrons. The van der Waals surface area contributed by atoms with Crippen molar-refractivity contribution in [3.8, 4) is 5.75 Å². The Morgan fingerprint density at radius 2 is 2.16 bits per heavy atom. The molecule has 1 aliphatic rings. The minimum absolute atomic E-state index is 0.0741. The van der Waals surface area contributed by atoms with Gasteiger partial charge in [0, 0.05) is 0 Å². The fraction of sp³-hybridized carbons (Fsp3) is 0.267. The summed E-state index contributed by atoms with van der Waals surface area (Å²) < 4.78 is 24.0. The summed E-state index contributed by atoms with van der Waals surface area (Å²) in [5, 5.41) is 0. The quantitative estimate of drug-likeness (QED) is 0.794. The molecule has 1 aromatic carbocycles. The molecule has 19 heavy (non-hydrogen) atoms. The molecule has 1 aromatic heterocycles. The Balaban J connectivity index is 1.69. The lowest BCUT2D eigenvalue weighted by Gasteiger charge is -2.25. The maximum absolute atomic E-state index is 12.7. The average molecular weight is 259 g/mol. The SMILES string of the molecule is Fc1ccc(OCC2OCCc3ccccc32)cn1. The van der Waals surface area contributed by atoms with Crippen molar-refractivity contribution >= 4 is 0 Å². The Morgan fingerprint density at radius 1 is 1.26 bits per heavy atom. The van der Waals surface area contributed by atoms with Crippen LogP contribution in [-0.2, 0) is 11.2 Å². The summed E-state index contributed by atoms with van der Waals surface area (Å²) in [5.41, 5.74) is 2.48. The predicted molar refractivity (Wildman–Crippen MR) is 68.5 cm³/mol. The second kappa shape index (κ2) is 5.36. The second-order valence-electron chi connectivity index (χ2n) is 4.44. The van der Waals surface area contributed by atoms with Gasteiger partial charge in [0.25, 0.3) is 0 Å².